The Labute approximate surface area is 117 Å². The maximum Gasteiger partial charge on any atom is 0.234 e. The van der Waals surface area contributed by atoms with E-state index in [1.165, 1.54) is 7.05 Å². The predicted molar refractivity (Wildman–Crippen MR) is 77.0 cm³/mol. The maximum absolute atomic E-state index is 11.7. The van der Waals surface area contributed by atoms with Gasteiger partial charge >= 0.3 is 0 Å². The van der Waals surface area contributed by atoms with Gasteiger partial charge in [-0.05, 0) is 11.6 Å². The fraction of sp³-hybridized carbons (Fsp3) is 0.273. The van der Waals surface area contributed by atoms with Crippen LogP contribution >= 0.6 is 12.2 Å². The summed E-state index contributed by atoms with van der Waals surface area (Å²) in [6.07, 6.45) is 0. The number of rotatable bonds is 6. The zero-order valence-electron chi connectivity index (χ0n) is 10.3. The van der Waals surface area contributed by atoms with E-state index in [2.05, 4.69) is 10.0 Å². The molecule has 0 aromatic heterocycles. The van der Waals surface area contributed by atoms with Gasteiger partial charge in [-0.2, -0.15) is 0 Å². The first-order valence-electron chi connectivity index (χ1n) is 5.41. The number of nitrogens with two attached hydrogens (primary N) is 1. The summed E-state index contributed by atoms with van der Waals surface area (Å²) >= 11 is 4.82. The summed E-state index contributed by atoms with van der Waals surface area (Å²) in [4.78, 5) is 11.2. The van der Waals surface area contributed by atoms with E-state index in [9.17, 15) is 13.2 Å². The van der Waals surface area contributed by atoms with Crippen molar-refractivity contribution in [3.8, 4) is 0 Å². The molecule has 0 aliphatic carbocycles. The number of benzene rings is 1. The molecular weight excluding hydrogens is 286 g/mol. The lowest BCUT2D eigenvalue weighted by Crippen LogP contribution is -2.35. The number of carbonyl (C=O) groups is 1. The standard InChI is InChI=1S/C11H15N3O3S2/c1-13-10(15)6-14-19(16,17)7-8-3-2-4-9(5-8)11(12)18/h2-5,14H,6-7H2,1H3,(H2,12,18)(H,13,15). The molecule has 0 bridgehead atoms. The Hall–Kier alpha value is -1.51. The van der Waals surface area contributed by atoms with Crippen LogP contribution in [0.25, 0.3) is 0 Å². The molecule has 0 saturated carbocycles. The number of likely N-dealkylation sites (N-methyl/N-ethyl adjacent to an activating group) is 1. The molecular formula is C11H15N3O3S2. The van der Waals surface area contributed by atoms with Gasteiger partial charge in [0.25, 0.3) is 0 Å². The summed E-state index contributed by atoms with van der Waals surface area (Å²) in [6.45, 7) is -0.284. The molecule has 0 heterocycles. The van der Waals surface area contributed by atoms with Crippen LogP contribution in [0.15, 0.2) is 24.3 Å². The highest BCUT2D eigenvalue weighted by Crippen LogP contribution is 2.08. The van der Waals surface area contributed by atoms with Gasteiger partial charge in [0, 0.05) is 12.6 Å². The van der Waals surface area contributed by atoms with E-state index < -0.39 is 15.9 Å². The summed E-state index contributed by atoms with van der Waals surface area (Å²) in [6, 6.07) is 6.65. The first kappa shape index (κ1) is 15.5. The molecule has 1 rings (SSSR count). The van der Waals surface area contributed by atoms with Crippen LogP contribution in [0.5, 0.6) is 0 Å². The smallest absolute Gasteiger partial charge is 0.234 e. The molecule has 0 aliphatic rings. The number of thiocarbonyl (C=S) groups is 1. The second-order valence-corrected chi connectivity index (χ2v) is 6.06. The molecule has 1 amide bonds. The Morgan fingerprint density at radius 3 is 2.68 bits per heavy atom. The molecule has 4 N–H and O–H groups in total. The first-order chi connectivity index (χ1) is 8.84. The van der Waals surface area contributed by atoms with Crippen molar-refractivity contribution < 1.29 is 13.2 Å². The van der Waals surface area contributed by atoms with Crippen LogP contribution in [-0.2, 0) is 20.6 Å². The molecule has 0 saturated heterocycles. The van der Waals surface area contributed by atoms with Crippen LogP contribution < -0.4 is 15.8 Å². The zero-order chi connectivity index (χ0) is 14.5. The van der Waals surface area contributed by atoms with Gasteiger partial charge in [0.15, 0.2) is 0 Å². The second kappa shape index (κ2) is 6.60. The molecule has 0 unspecified atom stereocenters. The highest BCUT2D eigenvalue weighted by molar-refractivity contribution is 7.88. The molecule has 6 nitrogen and oxygen atoms in total. The van der Waals surface area contributed by atoms with Crippen LogP contribution in [0.2, 0.25) is 0 Å². The highest BCUT2D eigenvalue weighted by atomic mass is 32.2. The van der Waals surface area contributed by atoms with Crippen molar-refractivity contribution >= 4 is 33.1 Å². The minimum absolute atomic E-state index is 0.206. The van der Waals surface area contributed by atoms with Crippen molar-refractivity contribution in [1.29, 1.82) is 0 Å². The van der Waals surface area contributed by atoms with Gasteiger partial charge in [0.2, 0.25) is 15.9 Å². The van der Waals surface area contributed by atoms with Gasteiger partial charge in [-0.1, -0.05) is 30.4 Å². The largest absolute Gasteiger partial charge is 0.389 e. The van der Waals surface area contributed by atoms with Crippen molar-refractivity contribution in [1.82, 2.24) is 10.0 Å². The second-order valence-electron chi connectivity index (χ2n) is 3.82. The van der Waals surface area contributed by atoms with Crippen molar-refractivity contribution in [3.05, 3.63) is 35.4 Å². The fourth-order valence-electron chi connectivity index (χ4n) is 1.35. The van der Waals surface area contributed by atoms with Crippen molar-refractivity contribution in [2.45, 2.75) is 5.75 Å². The lowest BCUT2D eigenvalue weighted by molar-refractivity contribution is -0.119. The Kier molecular flexibility index (Phi) is 5.40. The molecule has 0 atom stereocenters. The van der Waals surface area contributed by atoms with E-state index in [4.69, 9.17) is 18.0 Å². The van der Waals surface area contributed by atoms with E-state index in [1.54, 1.807) is 24.3 Å². The molecule has 1 aromatic rings. The highest BCUT2D eigenvalue weighted by Gasteiger charge is 2.13. The minimum atomic E-state index is -3.58. The molecule has 104 valence electrons. The van der Waals surface area contributed by atoms with Crippen LogP contribution in [0.3, 0.4) is 0 Å². The zero-order valence-corrected chi connectivity index (χ0v) is 12.0. The van der Waals surface area contributed by atoms with Gasteiger partial charge in [0.1, 0.15) is 4.99 Å². The van der Waals surface area contributed by atoms with Crippen LogP contribution in [-0.4, -0.2) is 32.9 Å². The Morgan fingerprint density at radius 2 is 2.11 bits per heavy atom. The molecule has 19 heavy (non-hydrogen) atoms. The van der Waals surface area contributed by atoms with E-state index in [1.807, 2.05) is 0 Å². The van der Waals surface area contributed by atoms with Crippen LogP contribution in [0.4, 0.5) is 0 Å². The summed E-state index contributed by atoms with van der Waals surface area (Å²) < 4.78 is 25.7. The average Bonchev–Trinajstić information content (AvgIpc) is 2.35. The maximum atomic E-state index is 11.7. The van der Waals surface area contributed by atoms with Crippen molar-refractivity contribution in [2.24, 2.45) is 5.73 Å². The van der Waals surface area contributed by atoms with Gasteiger partial charge in [-0.15, -0.1) is 0 Å². The third-order valence-corrected chi connectivity index (χ3v) is 3.83. The SMILES string of the molecule is CNC(=O)CNS(=O)(=O)Cc1cccc(C(N)=S)c1. The minimum Gasteiger partial charge on any atom is -0.389 e. The average molecular weight is 301 g/mol. The molecule has 1 aromatic carbocycles. The summed E-state index contributed by atoms with van der Waals surface area (Å²) in [5, 5.41) is 2.33. The quantitative estimate of drug-likeness (QED) is 0.614. The van der Waals surface area contributed by atoms with E-state index in [0.717, 1.165) is 0 Å². The molecule has 0 aliphatic heterocycles. The van der Waals surface area contributed by atoms with Crippen molar-refractivity contribution in [3.63, 3.8) is 0 Å². The van der Waals surface area contributed by atoms with Gasteiger partial charge < -0.3 is 11.1 Å². The number of nitrogens with one attached hydrogen (secondary N) is 2. The van der Waals surface area contributed by atoms with Crippen LogP contribution in [0.1, 0.15) is 11.1 Å². The number of hydrogen-bond donors (Lipinski definition) is 3. The van der Waals surface area contributed by atoms with Gasteiger partial charge in [-0.25, -0.2) is 13.1 Å². The molecule has 0 radical (unpaired) electrons. The molecule has 0 spiro atoms. The third kappa shape index (κ3) is 5.33. The lowest BCUT2D eigenvalue weighted by atomic mass is 10.1. The number of hydrogen-bond acceptors (Lipinski definition) is 4. The summed E-state index contributed by atoms with van der Waals surface area (Å²) in [7, 11) is -2.14. The Balaban J connectivity index is 2.75. The third-order valence-electron chi connectivity index (χ3n) is 2.30. The topological polar surface area (TPSA) is 101 Å². The first-order valence-corrected chi connectivity index (χ1v) is 7.47. The normalized spacial score (nSPS) is 11.0. The predicted octanol–water partition coefficient (Wildman–Crippen LogP) is -0.514. The van der Waals surface area contributed by atoms with E-state index in [-0.39, 0.29) is 17.3 Å². The Bertz CT molecular complexity index is 585. The summed E-state index contributed by atoms with van der Waals surface area (Å²) in [5.74, 6) is -0.638. The fourth-order valence-corrected chi connectivity index (χ4v) is 2.55. The monoisotopic (exact) mass is 301 g/mol. The number of carbonyl (C=O) groups excluding carboxylic acids is 1. The van der Waals surface area contributed by atoms with Crippen LogP contribution in [0, 0.1) is 0 Å². The number of sulfonamides is 1. The van der Waals surface area contributed by atoms with Gasteiger partial charge in [-0.3, -0.25) is 4.79 Å². The van der Waals surface area contributed by atoms with Crippen molar-refractivity contribution in [2.75, 3.05) is 13.6 Å². The molecule has 8 heteroatoms. The molecule has 0 fully saturated rings. The van der Waals surface area contributed by atoms with E-state index in [0.29, 0.717) is 11.1 Å². The Morgan fingerprint density at radius 1 is 1.42 bits per heavy atom. The van der Waals surface area contributed by atoms with E-state index >= 15 is 0 Å². The number of amides is 1. The lowest BCUT2D eigenvalue weighted by Gasteiger charge is -2.07. The summed E-state index contributed by atoms with van der Waals surface area (Å²) in [5.41, 5.74) is 6.63. The van der Waals surface area contributed by atoms with Gasteiger partial charge in [0.05, 0.1) is 12.3 Å².